The molecule has 0 aromatic heterocycles. The Morgan fingerprint density at radius 3 is 2.48 bits per heavy atom. The van der Waals surface area contributed by atoms with Gasteiger partial charge in [-0.15, -0.1) is 0 Å². The van der Waals surface area contributed by atoms with Crippen molar-refractivity contribution in [2.24, 2.45) is 0 Å². The normalized spacial score (nSPS) is 11.2. The summed E-state index contributed by atoms with van der Waals surface area (Å²) < 4.78 is 12.8. The monoisotopic (exact) mass is 333 g/mol. The van der Waals surface area contributed by atoms with E-state index in [0.717, 1.165) is 23.8 Å². The standard InChI is InChI=1S/C17H13ClFNO3/c1-10-2-5-12(18)8-14(10)20-17(23)16(22)9-15(21)11-3-6-13(19)7-4-11/h2-9,21H,1H3,(H,20,23)/b15-9+. The van der Waals surface area contributed by atoms with E-state index in [1.165, 1.54) is 18.2 Å². The first-order valence-corrected chi connectivity index (χ1v) is 7.02. The van der Waals surface area contributed by atoms with E-state index in [4.69, 9.17) is 11.6 Å². The fraction of sp³-hybridized carbons (Fsp3) is 0.0588. The molecule has 4 nitrogen and oxygen atoms in total. The lowest BCUT2D eigenvalue weighted by molar-refractivity contribution is -0.131. The molecule has 0 heterocycles. The molecule has 0 fully saturated rings. The third kappa shape index (κ3) is 4.40. The van der Waals surface area contributed by atoms with Crippen LogP contribution >= 0.6 is 11.6 Å². The molecule has 0 spiro atoms. The number of aryl methyl sites for hydroxylation is 1. The summed E-state index contributed by atoms with van der Waals surface area (Å²) >= 11 is 5.84. The van der Waals surface area contributed by atoms with Crippen molar-refractivity contribution in [3.63, 3.8) is 0 Å². The Morgan fingerprint density at radius 2 is 1.83 bits per heavy atom. The van der Waals surface area contributed by atoms with Gasteiger partial charge in [0.1, 0.15) is 11.6 Å². The van der Waals surface area contributed by atoms with Gasteiger partial charge in [-0.1, -0.05) is 17.7 Å². The number of carbonyl (C=O) groups excluding carboxylic acids is 2. The number of ketones is 1. The van der Waals surface area contributed by atoms with Crippen molar-refractivity contribution in [1.29, 1.82) is 0 Å². The third-order valence-corrected chi connectivity index (χ3v) is 3.31. The highest BCUT2D eigenvalue weighted by atomic mass is 35.5. The molecule has 2 aromatic rings. The number of aliphatic hydroxyl groups is 1. The molecule has 0 saturated heterocycles. The van der Waals surface area contributed by atoms with Gasteiger partial charge in [0.15, 0.2) is 0 Å². The largest absolute Gasteiger partial charge is 0.507 e. The number of hydrogen-bond donors (Lipinski definition) is 2. The van der Waals surface area contributed by atoms with Crippen LogP contribution in [-0.2, 0) is 9.59 Å². The number of anilines is 1. The topological polar surface area (TPSA) is 66.4 Å². The Hall–Kier alpha value is -2.66. The van der Waals surface area contributed by atoms with Gasteiger partial charge in [0.05, 0.1) is 0 Å². The van der Waals surface area contributed by atoms with E-state index in [1.54, 1.807) is 19.1 Å². The van der Waals surface area contributed by atoms with Gasteiger partial charge in [-0.05, 0) is 48.9 Å². The molecule has 0 unspecified atom stereocenters. The van der Waals surface area contributed by atoms with Crippen LogP contribution in [0.15, 0.2) is 48.5 Å². The lowest BCUT2D eigenvalue weighted by atomic mass is 10.1. The smallest absolute Gasteiger partial charge is 0.296 e. The molecule has 0 aliphatic heterocycles. The van der Waals surface area contributed by atoms with Gasteiger partial charge in [-0.2, -0.15) is 0 Å². The van der Waals surface area contributed by atoms with Crippen molar-refractivity contribution in [2.45, 2.75) is 6.92 Å². The molecule has 2 N–H and O–H groups in total. The van der Waals surface area contributed by atoms with E-state index in [0.29, 0.717) is 10.7 Å². The predicted molar refractivity (Wildman–Crippen MR) is 86.8 cm³/mol. The van der Waals surface area contributed by atoms with Crippen molar-refractivity contribution in [3.8, 4) is 0 Å². The minimum absolute atomic E-state index is 0.228. The van der Waals surface area contributed by atoms with E-state index < -0.39 is 23.3 Å². The maximum absolute atomic E-state index is 12.8. The van der Waals surface area contributed by atoms with E-state index in [-0.39, 0.29) is 5.56 Å². The summed E-state index contributed by atoms with van der Waals surface area (Å²) in [5.41, 5.74) is 1.37. The lowest BCUT2D eigenvalue weighted by Crippen LogP contribution is -2.21. The molecule has 23 heavy (non-hydrogen) atoms. The molecule has 118 valence electrons. The zero-order chi connectivity index (χ0) is 17.0. The molecular weight excluding hydrogens is 321 g/mol. The molecule has 0 aliphatic carbocycles. The van der Waals surface area contributed by atoms with Crippen molar-refractivity contribution < 1.29 is 19.1 Å². The van der Waals surface area contributed by atoms with Crippen LogP contribution in [0.25, 0.3) is 5.76 Å². The molecule has 0 atom stereocenters. The van der Waals surface area contributed by atoms with Crippen molar-refractivity contribution in [3.05, 3.63) is 70.5 Å². The fourth-order valence-electron chi connectivity index (χ4n) is 1.81. The van der Waals surface area contributed by atoms with Crippen LogP contribution in [0.5, 0.6) is 0 Å². The van der Waals surface area contributed by atoms with E-state index in [9.17, 15) is 19.1 Å². The summed E-state index contributed by atoms with van der Waals surface area (Å²) in [5.74, 6) is -2.75. The van der Waals surface area contributed by atoms with Crippen molar-refractivity contribution in [2.75, 3.05) is 5.32 Å². The molecule has 0 bridgehead atoms. The summed E-state index contributed by atoms with van der Waals surface area (Å²) in [6.07, 6.45) is 0.780. The minimum atomic E-state index is -0.939. The van der Waals surface area contributed by atoms with Crippen molar-refractivity contribution >= 4 is 34.7 Å². The number of halogens is 2. The zero-order valence-corrected chi connectivity index (χ0v) is 12.9. The highest BCUT2D eigenvalue weighted by molar-refractivity contribution is 6.45. The SMILES string of the molecule is Cc1ccc(Cl)cc1NC(=O)C(=O)/C=C(/O)c1ccc(F)cc1. The number of carbonyl (C=O) groups is 2. The first-order valence-electron chi connectivity index (χ1n) is 6.65. The van der Waals surface area contributed by atoms with Gasteiger partial charge in [-0.3, -0.25) is 9.59 Å². The van der Waals surface area contributed by atoms with Crippen LogP contribution < -0.4 is 5.32 Å². The Bertz CT molecular complexity index is 785. The fourth-order valence-corrected chi connectivity index (χ4v) is 1.98. The minimum Gasteiger partial charge on any atom is -0.507 e. The van der Waals surface area contributed by atoms with Crippen LogP contribution in [0.2, 0.25) is 5.02 Å². The molecule has 2 rings (SSSR count). The molecule has 0 aliphatic rings. The second kappa shape index (κ2) is 7.07. The molecule has 2 aromatic carbocycles. The van der Waals surface area contributed by atoms with E-state index >= 15 is 0 Å². The molecule has 0 saturated carbocycles. The average molecular weight is 334 g/mol. The van der Waals surface area contributed by atoms with E-state index in [1.807, 2.05) is 0 Å². The molecular formula is C17H13ClFNO3. The van der Waals surface area contributed by atoms with Crippen molar-refractivity contribution in [1.82, 2.24) is 0 Å². The highest BCUT2D eigenvalue weighted by Gasteiger charge is 2.14. The maximum atomic E-state index is 12.8. The number of amides is 1. The molecule has 0 radical (unpaired) electrons. The Morgan fingerprint density at radius 1 is 1.17 bits per heavy atom. The van der Waals surface area contributed by atoms with Crippen LogP contribution in [0.4, 0.5) is 10.1 Å². The third-order valence-electron chi connectivity index (χ3n) is 3.08. The van der Waals surface area contributed by atoms with Gasteiger partial charge >= 0.3 is 0 Å². The molecule has 1 amide bonds. The van der Waals surface area contributed by atoms with Gasteiger partial charge in [0.2, 0.25) is 5.78 Å². The molecule has 6 heteroatoms. The van der Waals surface area contributed by atoms with Gasteiger partial charge in [-0.25, -0.2) is 4.39 Å². The summed E-state index contributed by atoms with van der Waals surface area (Å²) in [7, 11) is 0. The number of rotatable bonds is 4. The quantitative estimate of drug-likeness (QED) is 0.506. The number of nitrogens with one attached hydrogen (secondary N) is 1. The van der Waals surface area contributed by atoms with Crippen LogP contribution in [-0.4, -0.2) is 16.8 Å². The number of benzene rings is 2. The maximum Gasteiger partial charge on any atom is 0.296 e. The Balaban J connectivity index is 2.13. The number of hydrogen-bond acceptors (Lipinski definition) is 3. The van der Waals surface area contributed by atoms with Gasteiger partial charge in [0.25, 0.3) is 5.91 Å². The summed E-state index contributed by atoms with van der Waals surface area (Å²) in [4.78, 5) is 23.7. The average Bonchev–Trinajstić information content (AvgIpc) is 2.51. The Kier molecular flexibility index (Phi) is 5.13. The second-order valence-electron chi connectivity index (χ2n) is 4.81. The second-order valence-corrected chi connectivity index (χ2v) is 5.25. The van der Waals surface area contributed by atoms with Gasteiger partial charge in [0, 0.05) is 22.3 Å². The van der Waals surface area contributed by atoms with E-state index in [2.05, 4.69) is 5.32 Å². The van der Waals surface area contributed by atoms with Crippen LogP contribution in [0.1, 0.15) is 11.1 Å². The summed E-state index contributed by atoms with van der Waals surface area (Å²) in [6, 6.07) is 9.76. The first kappa shape index (κ1) is 16.7. The van der Waals surface area contributed by atoms with Crippen LogP contribution in [0, 0.1) is 12.7 Å². The Labute approximate surface area is 137 Å². The van der Waals surface area contributed by atoms with Crippen LogP contribution in [0.3, 0.4) is 0 Å². The summed E-state index contributed by atoms with van der Waals surface area (Å²) in [6.45, 7) is 1.75. The highest BCUT2D eigenvalue weighted by Crippen LogP contribution is 2.20. The van der Waals surface area contributed by atoms with Gasteiger partial charge < -0.3 is 10.4 Å². The lowest BCUT2D eigenvalue weighted by Gasteiger charge is -2.07. The predicted octanol–water partition coefficient (Wildman–Crippen LogP) is 3.89. The number of aliphatic hydroxyl groups excluding tert-OH is 1. The summed E-state index contributed by atoms with van der Waals surface area (Å²) in [5, 5.41) is 12.7. The zero-order valence-electron chi connectivity index (χ0n) is 12.1. The first-order chi connectivity index (χ1) is 10.9.